The van der Waals surface area contributed by atoms with E-state index in [2.05, 4.69) is 56.5 Å². The molecule has 0 saturated carbocycles. The lowest BCUT2D eigenvalue weighted by atomic mass is 10.0. The molecule has 1 atom stereocenters. The van der Waals surface area contributed by atoms with Gasteiger partial charge in [0.25, 0.3) is 0 Å². The highest BCUT2D eigenvalue weighted by Crippen LogP contribution is 2.11. The SMILES string of the molecule is Cc1ccc(CC(CN(C)C)NN)cc1C. The van der Waals surface area contributed by atoms with E-state index in [0.717, 1.165) is 13.0 Å². The maximum atomic E-state index is 5.56. The van der Waals surface area contributed by atoms with Crippen molar-refractivity contribution in [1.82, 2.24) is 10.3 Å². The third kappa shape index (κ3) is 3.93. The van der Waals surface area contributed by atoms with Crippen LogP contribution in [0, 0.1) is 13.8 Å². The molecule has 3 heteroatoms. The Kier molecular flexibility index (Phi) is 4.93. The molecule has 0 bridgehead atoms. The Morgan fingerprint density at radius 2 is 1.94 bits per heavy atom. The van der Waals surface area contributed by atoms with Gasteiger partial charge in [0.1, 0.15) is 0 Å². The van der Waals surface area contributed by atoms with Gasteiger partial charge in [0, 0.05) is 12.6 Å². The van der Waals surface area contributed by atoms with Crippen LogP contribution in [-0.2, 0) is 6.42 Å². The van der Waals surface area contributed by atoms with Crippen molar-refractivity contribution in [2.45, 2.75) is 26.3 Å². The van der Waals surface area contributed by atoms with Crippen LogP contribution in [0.25, 0.3) is 0 Å². The largest absolute Gasteiger partial charge is 0.308 e. The lowest BCUT2D eigenvalue weighted by Gasteiger charge is -2.20. The maximum absolute atomic E-state index is 5.56. The van der Waals surface area contributed by atoms with Crippen molar-refractivity contribution in [2.75, 3.05) is 20.6 Å². The quantitative estimate of drug-likeness (QED) is 0.580. The summed E-state index contributed by atoms with van der Waals surface area (Å²) in [7, 11) is 4.12. The number of nitrogens with one attached hydrogen (secondary N) is 1. The third-order valence-corrected chi connectivity index (χ3v) is 2.87. The van der Waals surface area contributed by atoms with Crippen molar-refractivity contribution in [3.63, 3.8) is 0 Å². The Balaban J connectivity index is 2.66. The van der Waals surface area contributed by atoms with Crippen molar-refractivity contribution < 1.29 is 0 Å². The minimum atomic E-state index is 0.303. The van der Waals surface area contributed by atoms with Crippen LogP contribution >= 0.6 is 0 Å². The Labute approximate surface area is 98.6 Å². The van der Waals surface area contributed by atoms with E-state index in [9.17, 15) is 0 Å². The fraction of sp³-hybridized carbons (Fsp3) is 0.538. The normalized spacial score (nSPS) is 13.1. The zero-order valence-electron chi connectivity index (χ0n) is 10.7. The molecule has 0 aromatic heterocycles. The van der Waals surface area contributed by atoms with E-state index in [1.54, 1.807) is 0 Å². The number of hydrazine groups is 1. The molecule has 3 nitrogen and oxygen atoms in total. The van der Waals surface area contributed by atoms with E-state index >= 15 is 0 Å². The van der Waals surface area contributed by atoms with Gasteiger partial charge in [0.15, 0.2) is 0 Å². The summed E-state index contributed by atoms with van der Waals surface area (Å²) in [4.78, 5) is 2.14. The first-order valence-corrected chi connectivity index (χ1v) is 5.70. The van der Waals surface area contributed by atoms with Gasteiger partial charge in [-0.15, -0.1) is 0 Å². The number of hydrogen-bond donors (Lipinski definition) is 2. The first-order valence-electron chi connectivity index (χ1n) is 5.70. The van der Waals surface area contributed by atoms with Crippen LogP contribution in [0.3, 0.4) is 0 Å². The molecule has 0 amide bonds. The van der Waals surface area contributed by atoms with Crippen molar-refractivity contribution in [3.05, 3.63) is 34.9 Å². The zero-order chi connectivity index (χ0) is 12.1. The van der Waals surface area contributed by atoms with Gasteiger partial charge in [-0.2, -0.15) is 0 Å². The summed E-state index contributed by atoms with van der Waals surface area (Å²) >= 11 is 0. The summed E-state index contributed by atoms with van der Waals surface area (Å²) in [5.41, 5.74) is 6.90. The van der Waals surface area contributed by atoms with E-state index in [1.807, 2.05) is 0 Å². The molecule has 0 aliphatic carbocycles. The van der Waals surface area contributed by atoms with Gasteiger partial charge in [-0.3, -0.25) is 11.3 Å². The van der Waals surface area contributed by atoms with Gasteiger partial charge in [-0.1, -0.05) is 18.2 Å². The molecule has 3 N–H and O–H groups in total. The van der Waals surface area contributed by atoms with Crippen LogP contribution < -0.4 is 11.3 Å². The second-order valence-corrected chi connectivity index (χ2v) is 4.75. The number of aryl methyl sites for hydroxylation is 2. The van der Waals surface area contributed by atoms with Crippen LogP contribution in [0.1, 0.15) is 16.7 Å². The van der Waals surface area contributed by atoms with E-state index in [-0.39, 0.29) is 0 Å². The second kappa shape index (κ2) is 5.99. The molecule has 0 saturated heterocycles. The van der Waals surface area contributed by atoms with Crippen LogP contribution in [0.4, 0.5) is 0 Å². The van der Waals surface area contributed by atoms with Crippen molar-refractivity contribution in [2.24, 2.45) is 5.84 Å². The molecule has 0 radical (unpaired) electrons. The molecule has 1 unspecified atom stereocenters. The van der Waals surface area contributed by atoms with Gasteiger partial charge in [0.05, 0.1) is 0 Å². The highest BCUT2D eigenvalue weighted by Gasteiger charge is 2.09. The second-order valence-electron chi connectivity index (χ2n) is 4.75. The Morgan fingerprint density at radius 3 is 2.44 bits per heavy atom. The van der Waals surface area contributed by atoms with E-state index in [1.165, 1.54) is 16.7 Å². The monoisotopic (exact) mass is 221 g/mol. The minimum Gasteiger partial charge on any atom is -0.308 e. The number of nitrogens with two attached hydrogens (primary N) is 1. The average molecular weight is 221 g/mol. The first-order chi connectivity index (χ1) is 7.52. The lowest BCUT2D eigenvalue weighted by molar-refractivity contribution is 0.338. The summed E-state index contributed by atoms with van der Waals surface area (Å²) in [6.07, 6.45) is 0.968. The van der Waals surface area contributed by atoms with Crippen molar-refractivity contribution in [1.29, 1.82) is 0 Å². The summed E-state index contributed by atoms with van der Waals surface area (Å²) in [5.74, 6) is 5.56. The minimum absolute atomic E-state index is 0.303. The maximum Gasteiger partial charge on any atom is 0.0377 e. The van der Waals surface area contributed by atoms with Gasteiger partial charge < -0.3 is 4.90 Å². The smallest absolute Gasteiger partial charge is 0.0377 e. The molecule has 1 aromatic rings. The molecule has 0 spiro atoms. The fourth-order valence-corrected chi connectivity index (χ4v) is 1.83. The van der Waals surface area contributed by atoms with Crippen LogP contribution in [0.2, 0.25) is 0 Å². The highest BCUT2D eigenvalue weighted by molar-refractivity contribution is 5.30. The molecule has 1 rings (SSSR count). The topological polar surface area (TPSA) is 41.3 Å². The van der Waals surface area contributed by atoms with Crippen LogP contribution in [0.5, 0.6) is 0 Å². The standard InChI is InChI=1S/C13H23N3/c1-10-5-6-12(7-11(10)2)8-13(15-14)9-16(3)4/h5-7,13,15H,8-9,14H2,1-4H3. The molecule has 90 valence electrons. The number of likely N-dealkylation sites (N-methyl/N-ethyl adjacent to an activating group) is 1. The Bertz CT molecular complexity index is 334. The van der Waals surface area contributed by atoms with Gasteiger partial charge in [-0.05, 0) is 51.1 Å². The van der Waals surface area contributed by atoms with Gasteiger partial charge >= 0.3 is 0 Å². The summed E-state index contributed by atoms with van der Waals surface area (Å²) in [5, 5.41) is 0. The van der Waals surface area contributed by atoms with E-state index in [4.69, 9.17) is 5.84 Å². The number of rotatable bonds is 5. The average Bonchev–Trinajstić information content (AvgIpc) is 2.22. The molecule has 0 aliphatic heterocycles. The number of benzene rings is 1. The first kappa shape index (κ1) is 13.2. The molecular formula is C13H23N3. The van der Waals surface area contributed by atoms with Gasteiger partial charge in [0.2, 0.25) is 0 Å². The predicted octanol–water partition coefficient (Wildman–Crippen LogP) is 1.24. The molecule has 0 heterocycles. The molecule has 16 heavy (non-hydrogen) atoms. The van der Waals surface area contributed by atoms with Crippen molar-refractivity contribution in [3.8, 4) is 0 Å². The Hall–Kier alpha value is -0.900. The zero-order valence-corrected chi connectivity index (χ0v) is 10.7. The fourth-order valence-electron chi connectivity index (χ4n) is 1.83. The van der Waals surface area contributed by atoms with Crippen molar-refractivity contribution >= 4 is 0 Å². The Morgan fingerprint density at radius 1 is 1.25 bits per heavy atom. The highest BCUT2D eigenvalue weighted by atomic mass is 15.3. The van der Waals surface area contributed by atoms with E-state index < -0.39 is 0 Å². The third-order valence-electron chi connectivity index (χ3n) is 2.87. The summed E-state index contributed by atoms with van der Waals surface area (Å²) < 4.78 is 0. The van der Waals surface area contributed by atoms with Crippen LogP contribution in [0.15, 0.2) is 18.2 Å². The van der Waals surface area contributed by atoms with E-state index in [0.29, 0.717) is 6.04 Å². The lowest BCUT2D eigenvalue weighted by Crippen LogP contribution is -2.43. The molecule has 0 aliphatic rings. The summed E-state index contributed by atoms with van der Waals surface area (Å²) in [6, 6.07) is 6.91. The number of hydrogen-bond acceptors (Lipinski definition) is 3. The van der Waals surface area contributed by atoms with Gasteiger partial charge in [-0.25, -0.2) is 0 Å². The molecule has 1 aromatic carbocycles. The number of nitrogens with zero attached hydrogens (tertiary/aromatic N) is 1. The molecular weight excluding hydrogens is 198 g/mol. The molecule has 0 fully saturated rings. The summed E-state index contributed by atoms with van der Waals surface area (Å²) in [6.45, 7) is 5.23. The predicted molar refractivity (Wildman–Crippen MR) is 69.3 cm³/mol. The van der Waals surface area contributed by atoms with Crippen LogP contribution in [-0.4, -0.2) is 31.6 Å².